The Balaban J connectivity index is 4.81. The van der Waals surface area contributed by atoms with Gasteiger partial charge in [-0.2, -0.15) is 5.26 Å². The van der Waals surface area contributed by atoms with Crippen molar-refractivity contribution in [3.63, 3.8) is 0 Å². The number of carbonyl (C=O) groups excluding carboxylic acids is 1. The Morgan fingerprint density at radius 1 is 1.50 bits per heavy atom. The van der Waals surface area contributed by atoms with Crippen LogP contribution in [-0.4, -0.2) is 31.4 Å². The van der Waals surface area contributed by atoms with Crippen molar-refractivity contribution in [1.29, 1.82) is 5.26 Å². The summed E-state index contributed by atoms with van der Waals surface area (Å²) in [6.07, 6.45) is 0.990. The number of nitrogens with zero attached hydrogens (tertiary/aromatic N) is 1. The fraction of sp³-hybridized carbons (Fsp3) is 0.750. The molecule has 0 fully saturated rings. The molecule has 0 aromatic rings. The van der Waals surface area contributed by atoms with E-state index in [1.165, 1.54) is 20.8 Å². The molecule has 1 unspecified atom stereocenters. The van der Waals surface area contributed by atoms with Crippen LogP contribution >= 0.6 is 0 Å². The van der Waals surface area contributed by atoms with E-state index >= 15 is 0 Å². The van der Waals surface area contributed by atoms with Crippen molar-refractivity contribution < 1.29 is 13.2 Å². The molecule has 14 heavy (non-hydrogen) atoms. The highest BCUT2D eigenvalue weighted by Crippen LogP contribution is 2.15. The van der Waals surface area contributed by atoms with Gasteiger partial charge in [-0.1, -0.05) is 0 Å². The monoisotopic (exact) mass is 218 g/mol. The Kier molecular flexibility index (Phi) is 3.66. The number of hydrogen-bond donors (Lipinski definition) is 1. The number of carbonyl (C=O) groups is 1. The standard InChI is InChI=1S/C8H14N2O3S/c1-6(5-9)10-7(11)8(2,3)14(4,12)13/h6H,1-4H3,(H,10,11). The third-order valence-corrected chi connectivity index (χ3v) is 4.05. The van der Waals surface area contributed by atoms with Gasteiger partial charge in [0, 0.05) is 6.26 Å². The first-order valence-corrected chi connectivity index (χ1v) is 5.92. The normalized spacial score (nSPS) is 14.2. The second-order valence-electron chi connectivity index (χ2n) is 3.61. The summed E-state index contributed by atoms with van der Waals surface area (Å²) in [6.45, 7) is 4.10. The van der Waals surface area contributed by atoms with Crippen LogP contribution in [0.3, 0.4) is 0 Å². The van der Waals surface area contributed by atoms with Crippen LogP contribution in [0.1, 0.15) is 20.8 Å². The molecule has 5 nitrogen and oxygen atoms in total. The van der Waals surface area contributed by atoms with Gasteiger partial charge in [-0.05, 0) is 20.8 Å². The van der Waals surface area contributed by atoms with Gasteiger partial charge in [-0.3, -0.25) is 4.79 Å². The average Bonchev–Trinajstić information content (AvgIpc) is 2.01. The van der Waals surface area contributed by atoms with E-state index in [9.17, 15) is 13.2 Å². The molecule has 6 heteroatoms. The Morgan fingerprint density at radius 2 is 1.93 bits per heavy atom. The lowest BCUT2D eigenvalue weighted by molar-refractivity contribution is -0.123. The van der Waals surface area contributed by atoms with Crippen LogP contribution in [0.15, 0.2) is 0 Å². The van der Waals surface area contributed by atoms with Crippen LogP contribution < -0.4 is 5.32 Å². The first-order chi connectivity index (χ1) is 6.13. The number of hydrogen-bond acceptors (Lipinski definition) is 4. The summed E-state index contributed by atoms with van der Waals surface area (Å²) in [4.78, 5) is 11.4. The zero-order valence-corrected chi connectivity index (χ0v) is 9.47. The molecule has 0 rings (SSSR count). The molecule has 0 saturated heterocycles. The fourth-order valence-electron chi connectivity index (χ4n) is 0.571. The van der Waals surface area contributed by atoms with Crippen molar-refractivity contribution in [2.24, 2.45) is 0 Å². The summed E-state index contributed by atoms with van der Waals surface area (Å²) in [6, 6.07) is 1.10. The molecule has 0 aliphatic heterocycles. The molecule has 0 bridgehead atoms. The zero-order chi connectivity index (χ0) is 11.6. The highest BCUT2D eigenvalue weighted by molar-refractivity contribution is 7.92. The number of rotatable bonds is 3. The maximum Gasteiger partial charge on any atom is 0.241 e. The Labute approximate surface area is 84.0 Å². The number of nitrogens with one attached hydrogen (secondary N) is 1. The minimum atomic E-state index is -3.48. The van der Waals surface area contributed by atoms with Crippen LogP contribution in [-0.2, 0) is 14.6 Å². The molecule has 0 aromatic heterocycles. The van der Waals surface area contributed by atoms with E-state index in [0.29, 0.717) is 0 Å². The van der Waals surface area contributed by atoms with Gasteiger partial charge in [0.25, 0.3) is 0 Å². The van der Waals surface area contributed by atoms with Gasteiger partial charge in [-0.25, -0.2) is 8.42 Å². The van der Waals surface area contributed by atoms with Gasteiger partial charge in [0.05, 0.1) is 6.07 Å². The molecule has 80 valence electrons. The minimum Gasteiger partial charge on any atom is -0.339 e. The van der Waals surface area contributed by atoms with E-state index in [1.807, 2.05) is 0 Å². The molecule has 0 heterocycles. The molecule has 0 aromatic carbocycles. The van der Waals surface area contributed by atoms with Crippen molar-refractivity contribution in [2.45, 2.75) is 31.6 Å². The molecule has 0 spiro atoms. The van der Waals surface area contributed by atoms with Gasteiger partial charge in [0.2, 0.25) is 5.91 Å². The lowest BCUT2D eigenvalue weighted by atomic mass is 10.2. The van der Waals surface area contributed by atoms with E-state index in [4.69, 9.17) is 5.26 Å². The largest absolute Gasteiger partial charge is 0.339 e. The summed E-state index contributed by atoms with van der Waals surface area (Å²) in [5.74, 6) is -0.658. The Hall–Kier alpha value is -1.09. The summed E-state index contributed by atoms with van der Waals surface area (Å²) < 4.78 is 20.9. The lowest BCUT2D eigenvalue weighted by Gasteiger charge is -2.22. The summed E-state index contributed by atoms with van der Waals surface area (Å²) in [5.41, 5.74) is 0. The first kappa shape index (κ1) is 12.9. The quantitative estimate of drug-likeness (QED) is 0.713. The van der Waals surface area contributed by atoms with Crippen LogP contribution in [0.5, 0.6) is 0 Å². The molecule has 1 amide bonds. The van der Waals surface area contributed by atoms with E-state index in [0.717, 1.165) is 6.26 Å². The maximum absolute atomic E-state index is 11.4. The van der Waals surface area contributed by atoms with Crippen LogP contribution in [0.4, 0.5) is 0 Å². The lowest BCUT2D eigenvalue weighted by Crippen LogP contribution is -2.49. The van der Waals surface area contributed by atoms with Crippen molar-refractivity contribution in [1.82, 2.24) is 5.32 Å². The van der Waals surface area contributed by atoms with Crippen molar-refractivity contribution in [2.75, 3.05) is 6.26 Å². The summed E-state index contributed by atoms with van der Waals surface area (Å²) in [7, 11) is -3.48. The molecule has 0 saturated carbocycles. The molecular formula is C8H14N2O3S. The van der Waals surface area contributed by atoms with E-state index < -0.39 is 26.5 Å². The third kappa shape index (κ3) is 2.70. The van der Waals surface area contributed by atoms with Gasteiger partial charge in [0.1, 0.15) is 10.8 Å². The van der Waals surface area contributed by atoms with Gasteiger partial charge >= 0.3 is 0 Å². The Morgan fingerprint density at radius 3 is 2.21 bits per heavy atom. The SMILES string of the molecule is CC(C#N)NC(=O)C(C)(C)S(C)(=O)=O. The van der Waals surface area contributed by atoms with Crippen molar-refractivity contribution >= 4 is 15.7 Å². The number of nitriles is 1. The third-order valence-electron chi connectivity index (χ3n) is 2.02. The van der Waals surface area contributed by atoms with Crippen LogP contribution in [0.2, 0.25) is 0 Å². The van der Waals surface area contributed by atoms with Crippen LogP contribution in [0, 0.1) is 11.3 Å². The smallest absolute Gasteiger partial charge is 0.241 e. The highest BCUT2D eigenvalue weighted by atomic mass is 32.2. The highest BCUT2D eigenvalue weighted by Gasteiger charge is 2.38. The number of sulfone groups is 1. The van der Waals surface area contributed by atoms with Gasteiger partial charge in [0.15, 0.2) is 9.84 Å². The topological polar surface area (TPSA) is 87.0 Å². The molecule has 1 atom stereocenters. The van der Waals surface area contributed by atoms with E-state index in [2.05, 4.69) is 5.32 Å². The second kappa shape index (κ2) is 3.96. The maximum atomic E-state index is 11.4. The Bertz CT molecular complexity index is 365. The predicted octanol–water partition coefficient (Wildman–Crippen LogP) is -0.162. The van der Waals surface area contributed by atoms with E-state index in [-0.39, 0.29) is 0 Å². The van der Waals surface area contributed by atoms with Gasteiger partial charge < -0.3 is 5.32 Å². The molecule has 1 N–H and O–H groups in total. The van der Waals surface area contributed by atoms with Crippen molar-refractivity contribution in [3.05, 3.63) is 0 Å². The minimum absolute atomic E-state index is 0.658. The molecular weight excluding hydrogens is 204 g/mol. The number of amides is 1. The predicted molar refractivity (Wildman–Crippen MR) is 52.1 cm³/mol. The average molecular weight is 218 g/mol. The van der Waals surface area contributed by atoms with E-state index in [1.54, 1.807) is 6.07 Å². The second-order valence-corrected chi connectivity index (χ2v) is 6.17. The molecule has 0 aliphatic carbocycles. The summed E-state index contributed by atoms with van der Waals surface area (Å²) >= 11 is 0. The van der Waals surface area contributed by atoms with Gasteiger partial charge in [-0.15, -0.1) is 0 Å². The zero-order valence-electron chi connectivity index (χ0n) is 8.66. The van der Waals surface area contributed by atoms with Crippen molar-refractivity contribution in [3.8, 4) is 6.07 Å². The molecule has 0 aliphatic rings. The van der Waals surface area contributed by atoms with Crippen LogP contribution in [0.25, 0.3) is 0 Å². The fourth-order valence-corrected chi connectivity index (χ4v) is 0.967. The first-order valence-electron chi connectivity index (χ1n) is 4.03. The molecule has 0 radical (unpaired) electrons. The summed E-state index contributed by atoms with van der Waals surface area (Å²) in [5, 5.41) is 10.7.